The number of morpholine rings is 1. The van der Waals surface area contributed by atoms with Crippen LogP contribution in [-0.4, -0.2) is 56.0 Å². The van der Waals surface area contributed by atoms with Gasteiger partial charge in [0.1, 0.15) is 5.69 Å². The Labute approximate surface area is 166 Å². The molecular formula is C19H29N3O5S. The largest absolute Gasteiger partial charge is 0.372 e. The maximum Gasteiger partial charge on any atom is 0.293 e. The zero-order valence-electron chi connectivity index (χ0n) is 16.9. The van der Waals surface area contributed by atoms with E-state index < -0.39 is 14.9 Å². The fraction of sp³-hybridized carbons (Fsp3) is 0.684. The van der Waals surface area contributed by atoms with Gasteiger partial charge in [-0.1, -0.05) is 13.8 Å². The van der Waals surface area contributed by atoms with Gasteiger partial charge in [-0.2, -0.15) is 4.31 Å². The van der Waals surface area contributed by atoms with Gasteiger partial charge in [-0.3, -0.25) is 10.1 Å². The Morgan fingerprint density at radius 1 is 1.04 bits per heavy atom. The highest BCUT2D eigenvalue weighted by molar-refractivity contribution is 7.89. The number of nitrogens with zero attached hydrogens (tertiary/aromatic N) is 3. The minimum atomic E-state index is -3.77. The fourth-order valence-corrected chi connectivity index (χ4v) is 6.10. The molecule has 8 nitrogen and oxygen atoms in total. The van der Waals surface area contributed by atoms with Gasteiger partial charge in [0.05, 0.1) is 22.0 Å². The molecule has 0 aliphatic carbocycles. The van der Waals surface area contributed by atoms with E-state index >= 15 is 0 Å². The maximum atomic E-state index is 13.1. The SMILES string of the molecule is C[C@H]1C[C@H](C)CN(S(=O)(=O)c2ccc(N3C[C@@H](C)O[C@@H](C)C3)c([N+](=O)[O-])c2)C1. The van der Waals surface area contributed by atoms with Crippen molar-refractivity contribution in [2.75, 3.05) is 31.1 Å². The molecule has 0 unspecified atom stereocenters. The first-order chi connectivity index (χ1) is 13.1. The van der Waals surface area contributed by atoms with E-state index in [0.717, 1.165) is 6.42 Å². The second-order valence-electron chi connectivity index (χ2n) is 8.34. The monoisotopic (exact) mass is 411 g/mol. The van der Waals surface area contributed by atoms with Gasteiger partial charge in [-0.25, -0.2) is 8.42 Å². The molecule has 156 valence electrons. The Hall–Kier alpha value is -1.71. The molecular weight excluding hydrogens is 382 g/mol. The van der Waals surface area contributed by atoms with Crippen LogP contribution in [0.5, 0.6) is 0 Å². The third kappa shape index (κ3) is 4.31. The second kappa shape index (κ2) is 7.96. The summed E-state index contributed by atoms with van der Waals surface area (Å²) in [5.74, 6) is 0.535. The second-order valence-corrected chi connectivity index (χ2v) is 10.3. The molecule has 0 amide bonds. The average molecular weight is 412 g/mol. The molecule has 9 heteroatoms. The molecule has 2 aliphatic heterocycles. The van der Waals surface area contributed by atoms with Gasteiger partial charge in [0, 0.05) is 32.2 Å². The molecule has 28 heavy (non-hydrogen) atoms. The number of hydrogen-bond acceptors (Lipinski definition) is 6. The van der Waals surface area contributed by atoms with Gasteiger partial charge >= 0.3 is 0 Å². The van der Waals surface area contributed by atoms with Crippen LogP contribution in [0.25, 0.3) is 0 Å². The molecule has 4 atom stereocenters. The summed E-state index contributed by atoms with van der Waals surface area (Å²) < 4.78 is 33.4. The van der Waals surface area contributed by atoms with E-state index in [1.54, 1.807) is 6.07 Å². The molecule has 0 saturated carbocycles. The maximum absolute atomic E-state index is 13.1. The van der Waals surface area contributed by atoms with Crippen molar-refractivity contribution >= 4 is 21.4 Å². The number of piperidine rings is 1. The molecule has 0 bridgehead atoms. The zero-order valence-corrected chi connectivity index (χ0v) is 17.7. The van der Waals surface area contributed by atoms with Gasteiger partial charge in [0.2, 0.25) is 10.0 Å². The molecule has 1 aromatic carbocycles. The Morgan fingerprint density at radius 3 is 2.14 bits per heavy atom. The molecule has 2 aliphatic rings. The van der Waals surface area contributed by atoms with Crippen LogP contribution in [0, 0.1) is 22.0 Å². The number of sulfonamides is 1. The van der Waals surface area contributed by atoms with Crippen molar-refractivity contribution in [1.82, 2.24) is 4.31 Å². The third-order valence-electron chi connectivity index (χ3n) is 5.38. The van der Waals surface area contributed by atoms with E-state index in [9.17, 15) is 18.5 Å². The average Bonchev–Trinajstić information content (AvgIpc) is 2.59. The van der Waals surface area contributed by atoms with E-state index in [-0.39, 0.29) is 34.6 Å². The van der Waals surface area contributed by atoms with Gasteiger partial charge in [0.25, 0.3) is 5.69 Å². The number of hydrogen-bond donors (Lipinski definition) is 0. The summed E-state index contributed by atoms with van der Waals surface area (Å²) in [7, 11) is -3.77. The van der Waals surface area contributed by atoms with Gasteiger partial charge < -0.3 is 9.64 Å². The summed E-state index contributed by atoms with van der Waals surface area (Å²) in [5.41, 5.74) is 0.256. The molecule has 0 N–H and O–H groups in total. The van der Waals surface area contributed by atoms with Crippen LogP contribution in [0.4, 0.5) is 11.4 Å². The van der Waals surface area contributed by atoms with Gasteiger partial charge in [-0.15, -0.1) is 0 Å². The Kier molecular flexibility index (Phi) is 5.97. The lowest BCUT2D eigenvalue weighted by molar-refractivity contribution is -0.384. The number of ether oxygens (including phenoxy) is 1. The third-order valence-corrected chi connectivity index (χ3v) is 7.20. The molecule has 2 heterocycles. The van der Waals surface area contributed by atoms with Crippen LogP contribution in [0.15, 0.2) is 23.1 Å². The van der Waals surface area contributed by atoms with Crippen molar-refractivity contribution in [2.45, 2.75) is 51.2 Å². The Morgan fingerprint density at radius 2 is 1.61 bits per heavy atom. The van der Waals surface area contributed by atoms with Crippen molar-refractivity contribution in [2.24, 2.45) is 11.8 Å². The lowest BCUT2D eigenvalue weighted by Crippen LogP contribution is -2.45. The lowest BCUT2D eigenvalue weighted by Gasteiger charge is -2.36. The van der Waals surface area contributed by atoms with E-state index in [2.05, 4.69) is 0 Å². The first-order valence-electron chi connectivity index (χ1n) is 9.77. The van der Waals surface area contributed by atoms with Crippen LogP contribution in [0.1, 0.15) is 34.1 Å². The van der Waals surface area contributed by atoms with Crippen molar-refractivity contribution in [3.8, 4) is 0 Å². The summed E-state index contributed by atoms with van der Waals surface area (Å²) in [4.78, 5) is 13.1. The first-order valence-corrected chi connectivity index (χ1v) is 11.2. The number of benzene rings is 1. The molecule has 1 aromatic rings. The predicted octanol–water partition coefficient (Wildman–Crippen LogP) is 2.88. The minimum absolute atomic E-state index is 0.0152. The van der Waals surface area contributed by atoms with E-state index in [0.29, 0.717) is 31.9 Å². The predicted molar refractivity (Wildman–Crippen MR) is 107 cm³/mol. The van der Waals surface area contributed by atoms with Crippen molar-refractivity contribution in [3.05, 3.63) is 28.3 Å². The summed E-state index contributed by atoms with van der Waals surface area (Å²) in [6, 6.07) is 4.26. The van der Waals surface area contributed by atoms with E-state index in [1.807, 2.05) is 32.6 Å². The summed E-state index contributed by atoms with van der Waals surface area (Å²) >= 11 is 0. The minimum Gasteiger partial charge on any atom is -0.372 e. The molecule has 0 spiro atoms. The van der Waals surface area contributed by atoms with Crippen molar-refractivity contribution in [1.29, 1.82) is 0 Å². The smallest absolute Gasteiger partial charge is 0.293 e. The van der Waals surface area contributed by atoms with Crippen LogP contribution in [-0.2, 0) is 14.8 Å². The number of rotatable bonds is 4. The van der Waals surface area contributed by atoms with Crippen LogP contribution in [0.2, 0.25) is 0 Å². The normalized spacial score (nSPS) is 29.6. The fourth-order valence-electron chi connectivity index (χ4n) is 4.40. The first kappa shape index (κ1) is 21.0. The van der Waals surface area contributed by atoms with E-state index in [4.69, 9.17) is 4.74 Å². The summed E-state index contributed by atoms with van der Waals surface area (Å²) in [6.07, 6.45) is 0.879. The van der Waals surface area contributed by atoms with Crippen molar-refractivity contribution in [3.63, 3.8) is 0 Å². The summed E-state index contributed by atoms with van der Waals surface area (Å²) in [5, 5.41) is 11.7. The number of anilines is 1. The van der Waals surface area contributed by atoms with Gasteiger partial charge in [-0.05, 0) is 44.2 Å². The molecule has 0 radical (unpaired) electrons. The Balaban J connectivity index is 1.95. The number of nitro groups is 1. The highest BCUT2D eigenvalue weighted by atomic mass is 32.2. The molecule has 2 saturated heterocycles. The van der Waals surface area contributed by atoms with E-state index in [1.165, 1.54) is 16.4 Å². The zero-order chi connectivity index (χ0) is 20.6. The highest BCUT2D eigenvalue weighted by Crippen LogP contribution is 2.34. The lowest BCUT2D eigenvalue weighted by atomic mass is 9.94. The topological polar surface area (TPSA) is 93.0 Å². The van der Waals surface area contributed by atoms with Crippen LogP contribution >= 0.6 is 0 Å². The number of nitro benzene ring substituents is 1. The van der Waals surface area contributed by atoms with Crippen molar-refractivity contribution < 1.29 is 18.1 Å². The quantitative estimate of drug-likeness (QED) is 0.559. The molecule has 3 rings (SSSR count). The molecule has 0 aromatic heterocycles. The Bertz CT molecular complexity index is 824. The highest BCUT2D eigenvalue weighted by Gasteiger charge is 2.34. The summed E-state index contributed by atoms with van der Waals surface area (Å²) in [6.45, 7) is 9.85. The standard InChI is InChI=1S/C19H29N3O5S/c1-13-7-14(2)10-21(9-13)28(25,26)17-5-6-18(19(8-17)22(23)24)20-11-15(3)27-16(4)12-20/h5-6,8,13-16H,7,9-12H2,1-4H3/t13-,14-,15-,16+/m0/s1. The van der Waals surface area contributed by atoms with Crippen LogP contribution in [0.3, 0.4) is 0 Å². The molecule has 2 fully saturated rings. The van der Waals surface area contributed by atoms with Gasteiger partial charge in [0.15, 0.2) is 0 Å². The van der Waals surface area contributed by atoms with Crippen LogP contribution < -0.4 is 4.90 Å².